The van der Waals surface area contributed by atoms with E-state index in [2.05, 4.69) is 0 Å². The number of carbonyl (C=O) groups is 3. The van der Waals surface area contributed by atoms with Crippen LogP contribution in [0.2, 0.25) is 0 Å². The summed E-state index contributed by atoms with van der Waals surface area (Å²) in [5, 5.41) is 0. The Hall–Kier alpha value is -2.43. The highest BCUT2D eigenvalue weighted by Gasteiger charge is 2.24. The summed E-state index contributed by atoms with van der Waals surface area (Å²) >= 11 is 0. The lowest BCUT2D eigenvalue weighted by atomic mass is 10.2. The molecule has 18 heavy (non-hydrogen) atoms. The summed E-state index contributed by atoms with van der Waals surface area (Å²) < 4.78 is 0. The summed E-state index contributed by atoms with van der Waals surface area (Å²) in [4.78, 5) is 36.7. The van der Waals surface area contributed by atoms with Gasteiger partial charge in [0.15, 0.2) is 0 Å². The van der Waals surface area contributed by atoms with Crippen LogP contribution in [0.15, 0.2) is 36.4 Å². The van der Waals surface area contributed by atoms with Crippen LogP contribution in [0.1, 0.15) is 6.92 Å². The van der Waals surface area contributed by atoms with E-state index in [1.54, 1.807) is 31.3 Å². The molecule has 0 atom stereocenters. The number of nitrogens with zero attached hydrogens (tertiary/aromatic N) is 2. The smallest absolute Gasteiger partial charge is 0.258 e. The molecule has 5 nitrogen and oxygen atoms in total. The second-order valence-corrected chi connectivity index (χ2v) is 3.94. The van der Waals surface area contributed by atoms with Crippen LogP contribution in [-0.4, -0.2) is 24.8 Å². The standard InChI is InChI=1S/C13H12N2O3/c1-9(16)14(2)10-3-5-11(6-4-10)15-12(17)7-8-13(15)18/h3-8H,1-2H3. The molecule has 1 aromatic carbocycles. The average molecular weight is 244 g/mol. The van der Waals surface area contributed by atoms with Gasteiger partial charge in [0.05, 0.1) is 5.69 Å². The van der Waals surface area contributed by atoms with E-state index < -0.39 is 0 Å². The van der Waals surface area contributed by atoms with Crippen LogP contribution in [0.3, 0.4) is 0 Å². The molecule has 0 aliphatic carbocycles. The molecule has 0 N–H and O–H groups in total. The summed E-state index contributed by atoms with van der Waals surface area (Å²) in [6.45, 7) is 1.46. The third-order valence-corrected chi connectivity index (χ3v) is 2.78. The molecular formula is C13H12N2O3. The van der Waals surface area contributed by atoms with Gasteiger partial charge in [-0.15, -0.1) is 0 Å². The second kappa shape index (κ2) is 4.44. The van der Waals surface area contributed by atoms with Gasteiger partial charge < -0.3 is 4.90 Å². The molecule has 1 heterocycles. The summed E-state index contributed by atoms with van der Waals surface area (Å²) in [6.07, 6.45) is 2.47. The van der Waals surface area contributed by atoms with Crippen molar-refractivity contribution < 1.29 is 14.4 Å². The van der Waals surface area contributed by atoms with Crippen LogP contribution in [0.5, 0.6) is 0 Å². The van der Waals surface area contributed by atoms with Crippen molar-refractivity contribution in [2.45, 2.75) is 6.92 Å². The minimum Gasteiger partial charge on any atom is -0.316 e. The van der Waals surface area contributed by atoms with Gasteiger partial charge >= 0.3 is 0 Å². The van der Waals surface area contributed by atoms with Crippen molar-refractivity contribution in [3.8, 4) is 0 Å². The maximum atomic E-state index is 11.5. The topological polar surface area (TPSA) is 57.7 Å². The van der Waals surface area contributed by atoms with Crippen LogP contribution in [-0.2, 0) is 14.4 Å². The number of hydrogen-bond acceptors (Lipinski definition) is 3. The first kappa shape index (κ1) is 12.0. The lowest BCUT2D eigenvalue weighted by Gasteiger charge is -2.17. The Labute approximate surface area is 104 Å². The zero-order valence-corrected chi connectivity index (χ0v) is 10.1. The molecule has 0 saturated heterocycles. The maximum absolute atomic E-state index is 11.5. The highest BCUT2D eigenvalue weighted by molar-refractivity contribution is 6.28. The van der Waals surface area contributed by atoms with Crippen molar-refractivity contribution in [3.63, 3.8) is 0 Å². The molecule has 0 bridgehead atoms. The van der Waals surface area contributed by atoms with Gasteiger partial charge in [-0.05, 0) is 24.3 Å². The summed E-state index contributed by atoms with van der Waals surface area (Å²) in [7, 11) is 1.66. The molecule has 0 unspecified atom stereocenters. The van der Waals surface area contributed by atoms with Crippen molar-refractivity contribution in [1.29, 1.82) is 0 Å². The third-order valence-electron chi connectivity index (χ3n) is 2.78. The number of hydrogen-bond donors (Lipinski definition) is 0. The number of carbonyl (C=O) groups excluding carboxylic acids is 3. The van der Waals surface area contributed by atoms with Crippen LogP contribution in [0, 0.1) is 0 Å². The maximum Gasteiger partial charge on any atom is 0.258 e. The van der Waals surface area contributed by atoms with Gasteiger partial charge in [0.25, 0.3) is 11.8 Å². The molecule has 2 rings (SSSR count). The van der Waals surface area contributed by atoms with Crippen molar-refractivity contribution in [3.05, 3.63) is 36.4 Å². The lowest BCUT2D eigenvalue weighted by molar-refractivity contribution is -0.120. The van der Waals surface area contributed by atoms with Gasteiger partial charge in [-0.1, -0.05) is 0 Å². The third kappa shape index (κ3) is 2.02. The molecule has 1 aliphatic heterocycles. The van der Waals surface area contributed by atoms with E-state index in [1.807, 2.05) is 0 Å². The predicted molar refractivity (Wildman–Crippen MR) is 67.2 cm³/mol. The Morgan fingerprint density at radius 2 is 1.56 bits per heavy atom. The molecular weight excluding hydrogens is 232 g/mol. The Morgan fingerprint density at radius 3 is 2.00 bits per heavy atom. The lowest BCUT2D eigenvalue weighted by Crippen LogP contribution is -2.29. The Morgan fingerprint density at radius 1 is 1.06 bits per heavy atom. The van der Waals surface area contributed by atoms with E-state index in [-0.39, 0.29) is 17.7 Å². The van der Waals surface area contributed by atoms with Gasteiger partial charge in [-0.3, -0.25) is 14.4 Å². The number of rotatable bonds is 2. The summed E-state index contributed by atoms with van der Waals surface area (Å²) in [5.74, 6) is -0.793. The molecule has 1 aliphatic rings. The zero-order valence-electron chi connectivity index (χ0n) is 10.1. The normalized spacial score (nSPS) is 14.2. The molecule has 1 aromatic rings. The summed E-state index contributed by atoms with van der Waals surface area (Å²) in [5.41, 5.74) is 1.20. The first-order chi connectivity index (χ1) is 8.50. The number of benzene rings is 1. The minimum absolute atomic E-state index is 0.0854. The van der Waals surface area contributed by atoms with Crippen LogP contribution < -0.4 is 9.80 Å². The minimum atomic E-state index is -0.354. The van der Waals surface area contributed by atoms with Crippen LogP contribution in [0.4, 0.5) is 11.4 Å². The van der Waals surface area contributed by atoms with E-state index in [4.69, 9.17) is 0 Å². The predicted octanol–water partition coefficient (Wildman–Crippen LogP) is 1.10. The first-order valence-electron chi connectivity index (χ1n) is 5.41. The second-order valence-electron chi connectivity index (χ2n) is 3.94. The molecule has 5 heteroatoms. The fraction of sp³-hybridized carbons (Fsp3) is 0.154. The van der Waals surface area contributed by atoms with Gasteiger partial charge in [-0.25, -0.2) is 4.90 Å². The van der Waals surface area contributed by atoms with Gasteiger partial charge in [0, 0.05) is 31.8 Å². The molecule has 0 radical (unpaired) electrons. The Balaban J connectivity index is 2.26. The zero-order chi connectivity index (χ0) is 13.3. The van der Waals surface area contributed by atoms with Crippen molar-refractivity contribution in [2.24, 2.45) is 0 Å². The first-order valence-corrected chi connectivity index (χ1v) is 5.41. The number of amides is 3. The van der Waals surface area contributed by atoms with E-state index in [9.17, 15) is 14.4 Å². The van der Waals surface area contributed by atoms with Gasteiger partial charge in [0.1, 0.15) is 0 Å². The van der Waals surface area contributed by atoms with Crippen molar-refractivity contribution >= 4 is 29.1 Å². The van der Waals surface area contributed by atoms with Crippen molar-refractivity contribution in [2.75, 3.05) is 16.8 Å². The fourth-order valence-corrected chi connectivity index (χ4v) is 1.66. The molecule has 3 amide bonds. The van der Waals surface area contributed by atoms with E-state index in [1.165, 1.54) is 24.0 Å². The van der Waals surface area contributed by atoms with Gasteiger partial charge in [-0.2, -0.15) is 0 Å². The van der Waals surface area contributed by atoms with E-state index in [0.717, 1.165) is 4.90 Å². The van der Waals surface area contributed by atoms with Crippen LogP contribution >= 0.6 is 0 Å². The quantitative estimate of drug-likeness (QED) is 0.732. The average Bonchev–Trinajstić information content (AvgIpc) is 2.68. The van der Waals surface area contributed by atoms with E-state index in [0.29, 0.717) is 11.4 Å². The number of anilines is 2. The molecule has 0 saturated carbocycles. The number of imide groups is 1. The van der Waals surface area contributed by atoms with E-state index >= 15 is 0 Å². The molecule has 0 fully saturated rings. The molecule has 92 valence electrons. The van der Waals surface area contributed by atoms with Crippen LogP contribution in [0.25, 0.3) is 0 Å². The largest absolute Gasteiger partial charge is 0.316 e. The highest BCUT2D eigenvalue weighted by Crippen LogP contribution is 2.22. The molecule has 0 spiro atoms. The monoisotopic (exact) mass is 244 g/mol. The summed E-state index contributed by atoms with van der Waals surface area (Å²) in [6, 6.07) is 6.65. The highest BCUT2D eigenvalue weighted by atomic mass is 16.2. The Bertz CT molecular complexity index is 528. The van der Waals surface area contributed by atoms with Gasteiger partial charge in [0.2, 0.25) is 5.91 Å². The van der Waals surface area contributed by atoms with Crippen molar-refractivity contribution in [1.82, 2.24) is 0 Å². The Kier molecular flexibility index (Phi) is 2.97. The SMILES string of the molecule is CC(=O)N(C)c1ccc(N2C(=O)C=CC2=O)cc1. The fourth-order valence-electron chi connectivity index (χ4n) is 1.66. The molecule has 0 aromatic heterocycles.